The Morgan fingerprint density at radius 3 is 2.41 bits per heavy atom. The zero-order chi connectivity index (χ0) is 20.9. The number of hydrogen-bond donors (Lipinski definition) is 2. The second kappa shape index (κ2) is 8.69. The maximum atomic E-state index is 12.5. The van der Waals surface area contributed by atoms with Crippen LogP contribution in [0, 0.1) is 0 Å². The molecule has 150 valence electrons. The number of furan rings is 1. The molecule has 0 bridgehead atoms. The number of halogens is 3. The summed E-state index contributed by atoms with van der Waals surface area (Å²) in [6.07, 6.45) is -2.47. The number of hydrogen-bond acceptors (Lipinski definition) is 6. The minimum Gasteiger partial charge on any atom is -0.459 e. The number of carbonyl (C=O) groups is 2. The van der Waals surface area contributed by atoms with E-state index in [0.717, 1.165) is 24.1 Å². The van der Waals surface area contributed by atoms with Crippen molar-refractivity contribution < 1.29 is 31.9 Å². The third kappa shape index (κ3) is 5.75. The lowest BCUT2D eigenvalue weighted by Crippen LogP contribution is -2.36. The van der Waals surface area contributed by atoms with Crippen LogP contribution >= 0.6 is 11.9 Å². The van der Waals surface area contributed by atoms with Gasteiger partial charge in [-0.15, -0.1) is 0 Å². The van der Waals surface area contributed by atoms with Gasteiger partial charge in [-0.3, -0.25) is 14.8 Å². The van der Waals surface area contributed by atoms with Gasteiger partial charge in [0.2, 0.25) is 5.88 Å². The number of urea groups is 1. The Kier molecular flexibility index (Phi) is 6.07. The second-order valence-corrected chi connectivity index (χ2v) is 6.30. The summed E-state index contributed by atoms with van der Waals surface area (Å²) in [4.78, 5) is 27.6. The van der Waals surface area contributed by atoms with E-state index in [1.54, 1.807) is 24.3 Å². The molecule has 1 aromatic carbocycles. The lowest BCUT2D eigenvalue weighted by Gasteiger charge is -2.09. The van der Waals surface area contributed by atoms with Crippen molar-refractivity contribution in [3.8, 4) is 11.6 Å². The van der Waals surface area contributed by atoms with Crippen LogP contribution in [0.5, 0.6) is 11.6 Å². The molecular formula is C18H12F3N3O4S. The van der Waals surface area contributed by atoms with Crippen molar-refractivity contribution in [2.45, 2.75) is 11.1 Å². The van der Waals surface area contributed by atoms with E-state index in [9.17, 15) is 22.8 Å². The molecule has 0 radical (unpaired) electrons. The van der Waals surface area contributed by atoms with E-state index in [-0.39, 0.29) is 11.6 Å². The van der Waals surface area contributed by atoms with Gasteiger partial charge in [0, 0.05) is 17.2 Å². The van der Waals surface area contributed by atoms with Crippen LogP contribution in [0.15, 0.2) is 70.3 Å². The lowest BCUT2D eigenvalue weighted by atomic mass is 10.3. The standard InChI is InChI=1S/C18H12F3N3O4S/c19-18(20,21)11-3-8-15(22-10-11)28-12-4-6-13(7-5-12)29-24-17(26)23-16(25)14-2-1-9-27-14/h1-10H,(H2,23,24,25,26). The summed E-state index contributed by atoms with van der Waals surface area (Å²) in [7, 11) is 0. The Morgan fingerprint density at radius 2 is 1.83 bits per heavy atom. The molecular weight excluding hydrogens is 411 g/mol. The Bertz CT molecular complexity index is 975. The van der Waals surface area contributed by atoms with Crippen LogP contribution in [-0.2, 0) is 6.18 Å². The number of amides is 3. The van der Waals surface area contributed by atoms with Crippen molar-refractivity contribution >= 4 is 23.9 Å². The number of benzene rings is 1. The summed E-state index contributed by atoms with van der Waals surface area (Å²) in [5.41, 5.74) is -0.869. The summed E-state index contributed by atoms with van der Waals surface area (Å²) >= 11 is 0.946. The highest BCUT2D eigenvalue weighted by Crippen LogP contribution is 2.30. The average molecular weight is 423 g/mol. The molecule has 0 aliphatic heterocycles. The van der Waals surface area contributed by atoms with Crippen molar-refractivity contribution in [2.75, 3.05) is 0 Å². The van der Waals surface area contributed by atoms with Crippen LogP contribution in [0.25, 0.3) is 0 Å². The smallest absolute Gasteiger partial charge is 0.417 e. The van der Waals surface area contributed by atoms with Crippen molar-refractivity contribution in [3.63, 3.8) is 0 Å². The molecule has 0 atom stereocenters. The maximum absolute atomic E-state index is 12.5. The molecule has 0 aliphatic carbocycles. The molecule has 7 nitrogen and oxygen atoms in total. The molecule has 11 heteroatoms. The predicted molar refractivity (Wildman–Crippen MR) is 96.3 cm³/mol. The van der Waals surface area contributed by atoms with Crippen LogP contribution in [0.4, 0.5) is 18.0 Å². The fraction of sp³-hybridized carbons (Fsp3) is 0.0556. The molecule has 2 N–H and O–H groups in total. The fourth-order valence-corrected chi connectivity index (χ4v) is 2.54. The number of nitrogens with zero attached hydrogens (tertiary/aromatic N) is 1. The van der Waals surface area contributed by atoms with Crippen molar-refractivity contribution in [2.24, 2.45) is 0 Å². The number of ether oxygens (including phenoxy) is 1. The number of carbonyl (C=O) groups excluding carboxylic acids is 2. The van der Waals surface area contributed by atoms with E-state index < -0.39 is 23.7 Å². The SMILES string of the molecule is O=C(NSc1ccc(Oc2ccc(C(F)(F)F)cn2)cc1)NC(=O)c1ccco1. The largest absolute Gasteiger partial charge is 0.459 e. The molecule has 0 fully saturated rings. The minimum absolute atomic E-state index is 0.00327. The second-order valence-electron chi connectivity index (χ2n) is 5.42. The quantitative estimate of drug-likeness (QED) is 0.581. The molecule has 0 saturated carbocycles. The molecule has 3 aromatic rings. The first-order valence-corrected chi connectivity index (χ1v) is 8.76. The Balaban J connectivity index is 1.50. The normalized spacial score (nSPS) is 11.0. The van der Waals surface area contributed by atoms with Gasteiger partial charge in [-0.25, -0.2) is 9.78 Å². The number of nitrogens with one attached hydrogen (secondary N) is 2. The van der Waals surface area contributed by atoms with E-state index in [4.69, 9.17) is 9.15 Å². The monoisotopic (exact) mass is 423 g/mol. The van der Waals surface area contributed by atoms with Gasteiger partial charge in [-0.05, 0) is 54.4 Å². The van der Waals surface area contributed by atoms with Crippen molar-refractivity contribution in [1.82, 2.24) is 15.0 Å². The van der Waals surface area contributed by atoms with Gasteiger partial charge in [-0.2, -0.15) is 13.2 Å². The summed E-state index contributed by atoms with van der Waals surface area (Å²) in [5, 5.41) is 2.10. The average Bonchev–Trinajstić information content (AvgIpc) is 3.22. The predicted octanol–water partition coefficient (Wildman–Crippen LogP) is 4.63. The number of rotatable bonds is 5. The number of imide groups is 1. The molecule has 2 aromatic heterocycles. The molecule has 3 amide bonds. The first kappa shape index (κ1) is 20.3. The first-order valence-electron chi connectivity index (χ1n) is 7.94. The third-order valence-corrected chi connectivity index (χ3v) is 4.14. The fourth-order valence-electron chi connectivity index (χ4n) is 2.01. The van der Waals surface area contributed by atoms with Gasteiger partial charge < -0.3 is 9.15 Å². The summed E-state index contributed by atoms with van der Waals surface area (Å²) in [6.45, 7) is 0. The van der Waals surface area contributed by atoms with E-state index in [1.165, 1.54) is 18.4 Å². The first-order chi connectivity index (χ1) is 13.8. The Hall–Kier alpha value is -3.47. The van der Waals surface area contributed by atoms with Crippen LogP contribution in [-0.4, -0.2) is 16.9 Å². The highest BCUT2D eigenvalue weighted by Gasteiger charge is 2.30. The highest BCUT2D eigenvalue weighted by atomic mass is 32.2. The van der Waals surface area contributed by atoms with Crippen LogP contribution in [0.1, 0.15) is 16.1 Å². The highest BCUT2D eigenvalue weighted by molar-refractivity contribution is 7.98. The van der Waals surface area contributed by atoms with Crippen LogP contribution in [0.3, 0.4) is 0 Å². The molecule has 3 rings (SSSR count). The summed E-state index contributed by atoms with van der Waals surface area (Å²) < 4.78 is 50.2. The van der Waals surface area contributed by atoms with Gasteiger partial charge >= 0.3 is 12.2 Å². The molecule has 2 heterocycles. The molecule has 29 heavy (non-hydrogen) atoms. The number of aromatic nitrogens is 1. The molecule has 0 saturated heterocycles. The number of alkyl halides is 3. The van der Waals surface area contributed by atoms with E-state index >= 15 is 0 Å². The van der Waals surface area contributed by atoms with E-state index in [2.05, 4.69) is 15.0 Å². The third-order valence-electron chi connectivity index (χ3n) is 3.34. The van der Waals surface area contributed by atoms with Gasteiger partial charge in [0.05, 0.1) is 11.8 Å². The molecule has 0 spiro atoms. The van der Waals surface area contributed by atoms with Crippen LogP contribution in [0.2, 0.25) is 0 Å². The van der Waals surface area contributed by atoms with Gasteiger partial charge in [0.25, 0.3) is 5.91 Å². The summed E-state index contributed by atoms with van der Waals surface area (Å²) in [5.74, 6) is -0.323. The minimum atomic E-state index is -4.47. The van der Waals surface area contributed by atoms with E-state index in [1.807, 2.05) is 0 Å². The van der Waals surface area contributed by atoms with Gasteiger partial charge in [-0.1, -0.05) is 0 Å². The summed E-state index contributed by atoms with van der Waals surface area (Å²) in [6, 6.07) is 10.5. The zero-order valence-electron chi connectivity index (χ0n) is 14.4. The van der Waals surface area contributed by atoms with E-state index in [0.29, 0.717) is 16.8 Å². The zero-order valence-corrected chi connectivity index (χ0v) is 15.2. The Labute approximate surface area is 166 Å². The Morgan fingerprint density at radius 1 is 1.07 bits per heavy atom. The van der Waals surface area contributed by atoms with Gasteiger partial charge in [0.15, 0.2) is 5.76 Å². The van der Waals surface area contributed by atoms with Crippen LogP contribution < -0.4 is 14.8 Å². The molecule has 0 aliphatic rings. The van der Waals surface area contributed by atoms with Crippen molar-refractivity contribution in [1.29, 1.82) is 0 Å². The number of pyridine rings is 1. The topological polar surface area (TPSA) is 93.5 Å². The molecule has 0 unspecified atom stereocenters. The van der Waals surface area contributed by atoms with Crippen molar-refractivity contribution in [3.05, 3.63) is 72.3 Å². The van der Waals surface area contributed by atoms with Gasteiger partial charge in [0.1, 0.15) is 5.75 Å². The maximum Gasteiger partial charge on any atom is 0.417 e. The lowest BCUT2D eigenvalue weighted by molar-refractivity contribution is -0.137.